The topological polar surface area (TPSA) is 38.3 Å². The number of thiocarbonyl (C=S) groups is 1. The maximum absolute atomic E-state index is 11.8. The molecule has 0 bridgehead atoms. The van der Waals surface area contributed by atoms with E-state index < -0.39 is 0 Å². The van der Waals surface area contributed by atoms with Gasteiger partial charge in [0.15, 0.2) is 0 Å². The van der Waals surface area contributed by atoms with Crippen LogP contribution in [-0.2, 0) is 4.74 Å². The van der Waals surface area contributed by atoms with Gasteiger partial charge < -0.3 is 4.74 Å². The van der Waals surface area contributed by atoms with Gasteiger partial charge in [-0.15, -0.1) is 0 Å². The van der Waals surface area contributed by atoms with Crippen molar-refractivity contribution in [2.45, 2.75) is 45.0 Å². The Morgan fingerprint density at radius 2 is 1.90 bits per heavy atom. The third-order valence-electron chi connectivity index (χ3n) is 3.08. The first-order valence-electron chi connectivity index (χ1n) is 7.48. The van der Waals surface area contributed by atoms with Gasteiger partial charge in [0, 0.05) is 36.7 Å². The molecule has 2 rings (SSSR count). The summed E-state index contributed by atoms with van der Waals surface area (Å²) in [7, 11) is 1.25. The van der Waals surface area contributed by atoms with Gasteiger partial charge in [-0.2, -0.15) is 0 Å². The average Bonchev–Trinajstić information content (AvgIpc) is 2.50. The summed E-state index contributed by atoms with van der Waals surface area (Å²) < 4.78 is 11.7. The fraction of sp³-hybridized carbons (Fsp3) is 0.467. The summed E-state index contributed by atoms with van der Waals surface area (Å²) in [5, 5.41) is 2.80. The fourth-order valence-corrected chi connectivity index (χ4v) is 2.35. The van der Waals surface area contributed by atoms with Crippen molar-refractivity contribution in [1.82, 2.24) is 5.32 Å². The van der Waals surface area contributed by atoms with Gasteiger partial charge in [-0.05, 0) is 51.4 Å². The Hall–Kier alpha value is -0.303. The average molecular weight is 530 g/mol. The molecule has 6 heteroatoms. The quantitative estimate of drug-likeness (QED) is 0.473. The summed E-state index contributed by atoms with van der Waals surface area (Å²) in [5.74, 6) is -0.212. The molecule has 1 radical (unpaired) electrons. The summed E-state index contributed by atoms with van der Waals surface area (Å²) in [5.41, 5.74) is 0.590. The van der Waals surface area contributed by atoms with Gasteiger partial charge >= 0.3 is 0 Å². The number of carbonyl (C=O) groups is 1. The molecule has 21 heavy (non-hydrogen) atoms. The van der Waals surface area contributed by atoms with Crippen molar-refractivity contribution in [2.75, 3.05) is 0 Å². The minimum atomic E-state index is -0.212. The molecule has 3 nitrogen and oxygen atoms in total. The van der Waals surface area contributed by atoms with Crippen LogP contribution in [0.3, 0.4) is 0 Å². The summed E-state index contributed by atoms with van der Waals surface area (Å²) in [4.78, 5) is 11.8. The van der Waals surface area contributed by atoms with Crippen LogP contribution in [0.4, 0.5) is 0 Å². The maximum atomic E-state index is 11.8. The minimum Gasteiger partial charge on any atom is -0.467 e. The Labute approximate surface area is 158 Å². The maximum Gasteiger partial charge on any atom is 0.263 e. The van der Waals surface area contributed by atoms with Gasteiger partial charge in [-0.1, -0.05) is 31.4 Å². The van der Waals surface area contributed by atoms with E-state index in [4.69, 9.17) is 18.3 Å². The fourth-order valence-electron chi connectivity index (χ4n) is 2.12. The molecule has 0 spiro atoms. The molecule has 1 fully saturated rings. The molecule has 1 aliphatic rings. The van der Waals surface area contributed by atoms with Crippen LogP contribution >= 0.6 is 12.2 Å². The Morgan fingerprint density at radius 3 is 2.48 bits per heavy atom. The molecule has 1 N–H and O–H groups in total. The SMILES string of the molecule is O=C(NC(=S)OC1CCCCC1)c1ccccc1.[3H][B]C.[U]. The van der Waals surface area contributed by atoms with E-state index in [2.05, 4.69) is 5.32 Å². The summed E-state index contributed by atoms with van der Waals surface area (Å²) in [6.07, 6.45) is 5.85. The van der Waals surface area contributed by atoms with Crippen molar-refractivity contribution < 1.29 is 40.6 Å². The van der Waals surface area contributed by atoms with Crippen LogP contribution in [0.15, 0.2) is 30.3 Å². The standard InChI is InChI=1S/C14H17NO2S.CH4B.U/c16-13(11-7-3-1-4-8-11)15-14(18)17-12-9-5-2-6-10-12;1-2;/h1,3-4,7-8,12H,2,5-6,9-10H2,(H,15,16,18);2H,1H3;/i;2T;. The third kappa shape index (κ3) is 8.04. The Balaban J connectivity index is 0.00000102. The van der Waals surface area contributed by atoms with Gasteiger partial charge in [-0.3, -0.25) is 10.1 Å². The number of nitrogens with one attached hydrogen (secondary N) is 1. The molecule has 0 atom stereocenters. The molecule has 1 aliphatic carbocycles. The molecule has 0 unspecified atom stereocenters. The summed E-state index contributed by atoms with van der Waals surface area (Å²) >= 11 is 5.06. The summed E-state index contributed by atoms with van der Waals surface area (Å²) in [6.45, 7) is 1.67. The number of carbonyl (C=O) groups excluding carboxylic acids is 1. The normalized spacial score (nSPS) is 14.4. The van der Waals surface area contributed by atoms with Crippen molar-refractivity contribution in [3.05, 3.63) is 35.9 Å². The number of benzene rings is 1. The second kappa shape index (κ2) is 12.3. The van der Waals surface area contributed by atoms with Crippen molar-refractivity contribution >= 4 is 31.1 Å². The van der Waals surface area contributed by atoms with Gasteiger partial charge in [0.2, 0.25) is 0 Å². The first-order valence-corrected chi connectivity index (χ1v) is 7.31. The molecular weight excluding hydrogens is 507 g/mol. The van der Waals surface area contributed by atoms with Gasteiger partial charge in [0.1, 0.15) is 6.10 Å². The van der Waals surface area contributed by atoms with E-state index in [0.717, 1.165) is 12.8 Å². The van der Waals surface area contributed by atoms with Gasteiger partial charge in [0.05, 0.1) is 7.81 Å². The Morgan fingerprint density at radius 1 is 1.33 bits per heavy atom. The molecule has 1 saturated carbocycles. The zero-order valence-electron chi connectivity index (χ0n) is 13.3. The van der Waals surface area contributed by atoms with E-state index in [1.54, 1.807) is 19.0 Å². The molecule has 1 aromatic rings. The van der Waals surface area contributed by atoms with E-state index >= 15 is 0 Å². The third-order valence-corrected chi connectivity index (χ3v) is 3.28. The van der Waals surface area contributed by atoms with Crippen LogP contribution in [0, 0.1) is 31.1 Å². The van der Waals surface area contributed by atoms with Crippen LogP contribution < -0.4 is 5.32 Å². The first kappa shape index (κ1) is 18.7. The predicted octanol–water partition coefficient (Wildman–Crippen LogP) is 2.99. The minimum absolute atomic E-state index is 0. The van der Waals surface area contributed by atoms with Gasteiger partial charge in [-0.25, -0.2) is 0 Å². The van der Waals surface area contributed by atoms with E-state index in [9.17, 15) is 4.79 Å². The number of hydrogen-bond donors (Lipinski definition) is 1. The first-order chi connectivity index (χ1) is 10.2. The monoisotopic (exact) mass is 530 g/mol. The second-order valence-corrected chi connectivity index (χ2v) is 4.86. The van der Waals surface area contributed by atoms with E-state index in [0.29, 0.717) is 5.56 Å². The zero-order valence-corrected chi connectivity index (χ0v) is 17.3. The molecule has 0 aliphatic heterocycles. The van der Waals surface area contributed by atoms with Crippen LogP contribution in [0.5, 0.6) is 0 Å². The Kier molecular flexibility index (Phi) is 10.9. The molecule has 0 aromatic heterocycles. The molecule has 111 valence electrons. The van der Waals surface area contributed by atoms with Crippen LogP contribution in [-0.4, -0.2) is 26.3 Å². The van der Waals surface area contributed by atoms with Crippen molar-refractivity contribution in [1.29, 1.82) is 1.34 Å². The molecular formula is C15H21BNO2SU. The van der Waals surface area contributed by atoms with E-state index in [1.165, 1.54) is 27.1 Å². The van der Waals surface area contributed by atoms with Crippen LogP contribution in [0.1, 0.15) is 42.5 Å². The Bertz CT molecular complexity index is 444. The summed E-state index contributed by atoms with van der Waals surface area (Å²) in [6, 6.07) is 9.00. The molecule has 1 amide bonds. The molecule has 0 saturated heterocycles. The number of ether oxygens (including phenoxy) is 1. The number of rotatable bonds is 2. The number of amides is 1. The van der Waals surface area contributed by atoms with Crippen molar-refractivity contribution in [2.24, 2.45) is 0 Å². The predicted molar refractivity (Wildman–Crippen MR) is 87.5 cm³/mol. The smallest absolute Gasteiger partial charge is 0.263 e. The zero-order chi connectivity index (χ0) is 15.5. The molecule has 0 heterocycles. The van der Waals surface area contributed by atoms with Gasteiger partial charge in [0.25, 0.3) is 11.1 Å². The van der Waals surface area contributed by atoms with E-state index in [1.807, 2.05) is 18.2 Å². The number of hydrogen-bond acceptors (Lipinski definition) is 3. The van der Waals surface area contributed by atoms with Crippen LogP contribution in [0.25, 0.3) is 0 Å². The van der Waals surface area contributed by atoms with Crippen molar-refractivity contribution in [3.8, 4) is 0 Å². The van der Waals surface area contributed by atoms with Crippen LogP contribution in [0.2, 0.25) is 6.82 Å². The van der Waals surface area contributed by atoms with Crippen molar-refractivity contribution in [3.63, 3.8) is 0 Å². The largest absolute Gasteiger partial charge is 0.467 e. The molecule has 1 aromatic carbocycles. The van der Waals surface area contributed by atoms with E-state index in [-0.39, 0.29) is 48.3 Å². The second-order valence-electron chi connectivity index (χ2n) is 4.49.